The van der Waals surface area contributed by atoms with Crippen molar-refractivity contribution in [1.82, 2.24) is 9.36 Å². The summed E-state index contributed by atoms with van der Waals surface area (Å²) in [5, 5.41) is 7.36. The highest BCUT2D eigenvalue weighted by atomic mass is 32.2. The van der Waals surface area contributed by atoms with Crippen LogP contribution >= 0.6 is 34.6 Å². The van der Waals surface area contributed by atoms with E-state index in [0.717, 1.165) is 39.3 Å². The average Bonchev–Trinajstić information content (AvgIpc) is 2.95. The maximum Gasteiger partial charge on any atom is 0.148 e. The van der Waals surface area contributed by atoms with Crippen molar-refractivity contribution in [3.63, 3.8) is 0 Å². The summed E-state index contributed by atoms with van der Waals surface area (Å²) in [4.78, 5) is 4.47. The number of nitrogen functional groups attached to an aromatic ring is 1. The quantitative estimate of drug-likeness (QED) is 0.634. The van der Waals surface area contributed by atoms with Gasteiger partial charge in [-0.2, -0.15) is 4.37 Å². The standard InChI is InChI=1S/C12H14N4S3/c1-3-5-17-6-4-14-12-10(11(13)16-19-12)9-7-18-8(2)15-9/h1,7,14H,4-6H2,2H3,(H2,13,16). The fraction of sp³-hybridized carbons (Fsp3) is 0.333. The molecule has 3 N–H and O–H groups in total. The number of anilines is 2. The molecule has 0 fully saturated rings. The summed E-state index contributed by atoms with van der Waals surface area (Å²) in [6.07, 6.45) is 5.20. The van der Waals surface area contributed by atoms with Crippen molar-refractivity contribution in [3.8, 4) is 23.6 Å². The molecule has 0 aliphatic heterocycles. The molecule has 2 aromatic heterocycles. The first kappa shape index (κ1) is 14.2. The molecule has 0 aliphatic carbocycles. The third-order valence-corrected chi connectivity index (χ3v) is 4.77. The molecule has 0 saturated carbocycles. The Labute approximate surface area is 125 Å². The molecule has 2 aromatic rings. The molecular weight excluding hydrogens is 296 g/mol. The zero-order chi connectivity index (χ0) is 13.7. The SMILES string of the molecule is C#CCSCCNc1snc(N)c1-c1csc(C)n1. The second-order valence-corrected chi connectivity index (χ2v) is 6.65. The highest BCUT2D eigenvalue weighted by Gasteiger charge is 2.15. The maximum atomic E-state index is 5.93. The number of hydrogen-bond donors (Lipinski definition) is 2. The van der Waals surface area contributed by atoms with Crippen LogP contribution in [-0.4, -0.2) is 27.4 Å². The summed E-state index contributed by atoms with van der Waals surface area (Å²) in [6, 6.07) is 0. The fourth-order valence-corrected chi connectivity index (χ4v) is 3.38. The molecule has 0 bridgehead atoms. The van der Waals surface area contributed by atoms with Crippen LogP contribution in [0.3, 0.4) is 0 Å². The smallest absolute Gasteiger partial charge is 0.148 e. The minimum atomic E-state index is 0.536. The van der Waals surface area contributed by atoms with Gasteiger partial charge in [-0.1, -0.05) is 5.92 Å². The Hall–Kier alpha value is -1.23. The molecule has 7 heteroatoms. The number of hydrogen-bond acceptors (Lipinski definition) is 7. The Morgan fingerprint density at radius 3 is 3.11 bits per heavy atom. The average molecular weight is 310 g/mol. The summed E-state index contributed by atoms with van der Waals surface area (Å²) in [5.74, 6) is 4.84. The minimum absolute atomic E-state index is 0.536. The number of thioether (sulfide) groups is 1. The van der Waals surface area contributed by atoms with Gasteiger partial charge in [-0.05, 0) is 18.5 Å². The monoisotopic (exact) mass is 310 g/mol. The maximum absolute atomic E-state index is 5.93. The van der Waals surface area contributed by atoms with Gasteiger partial charge in [0.05, 0.1) is 22.0 Å². The number of nitrogens with zero attached hydrogens (tertiary/aromatic N) is 2. The predicted octanol–water partition coefficient (Wildman–Crippen LogP) is 2.94. The van der Waals surface area contributed by atoms with Crippen LogP contribution < -0.4 is 11.1 Å². The second kappa shape index (κ2) is 6.80. The second-order valence-electron chi connectivity index (χ2n) is 3.71. The van der Waals surface area contributed by atoms with E-state index in [1.54, 1.807) is 23.1 Å². The first-order chi connectivity index (χ1) is 9.22. The van der Waals surface area contributed by atoms with Crippen LogP contribution in [-0.2, 0) is 0 Å². The zero-order valence-electron chi connectivity index (χ0n) is 10.5. The third kappa shape index (κ3) is 3.62. The van der Waals surface area contributed by atoms with Crippen LogP contribution in [0.25, 0.3) is 11.3 Å². The Morgan fingerprint density at radius 2 is 2.42 bits per heavy atom. The summed E-state index contributed by atoms with van der Waals surface area (Å²) in [5.41, 5.74) is 7.74. The molecule has 0 aromatic carbocycles. The lowest BCUT2D eigenvalue weighted by atomic mass is 10.2. The van der Waals surface area contributed by atoms with Gasteiger partial charge in [0.2, 0.25) is 0 Å². The Morgan fingerprint density at radius 1 is 1.58 bits per heavy atom. The molecule has 100 valence electrons. The van der Waals surface area contributed by atoms with Crippen LogP contribution in [0.4, 0.5) is 10.8 Å². The largest absolute Gasteiger partial charge is 0.382 e. The lowest BCUT2D eigenvalue weighted by molar-refractivity contribution is 1.24. The molecule has 2 rings (SSSR count). The Bertz CT molecular complexity index is 582. The normalized spacial score (nSPS) is 10.3. The fourth-order valence-electron chi connectivity index (χ4n) is 1.52. The molecule has 0 atom stereocenters. The number of nitrogens with one attached hydrogen (secondary N) is 1. The van der Waals surface area contributed by atoms with Crippen molar-refractivity contribution >= 4 is 45.5 Å². The summed E-state index contributed by atoms with van der Waals surface area (Å²) in [7, 11) is 0. The van der Waals surface area contributed by atoms with Crippen LogP contribution in [0.2, 0.25) is 0 Å². The number of aromatic nitrogens is 2. The predicted molar refractivity (Wildman–Crippen MR) is 87.0 cm³/mol. The van der Waals surface area contributed by atoms with Crippen LogP contribution in [0.1, 0.15) is 5.01 Å². The van der Waals surface area contributed by atoms with Crippen LogP contribution in [0, 0.1) is 19.3 Å². The number of nitrogens with two attached hydrogens (primary N) is 1. The first-order valence-electron chi connectivity index (χ1n) is 5.65. The van der Waals surface area contributed by atoms with Crippen molar-refractivity contribution < 1.29 is 0 Å². The van der Waals surface area contributed by atoms with Crippen molar-refractivity contribution in [2.24, 2.45) is 0 Å². The highest BCUT2D eigenvalue weighted by molar-refractivity contribution is 7.99. The summed E-state index contributed by atoms with van der Waals surface area (Å²) < 4.78 is 4.20. The van der Waals surface area contributed by atoms with E-state index in [1.807, 2.05) is 12.3 Å². The first-order valence-corrected chi connectivity index (χ1v) is 8.46. The molecule has 0 unspecified atom stereocenters. The molecule has 4 nitrogen and oxygen atoms in total. The van der Waals surface area contributed by atoms with E-state index in [-0.39, 0.29) is 0 Å². The van der Waals surface area contributed by atoms with Gasteiger partial charge in [-0.3, -0.25) is 0 Å². The van der Waals surface area contributed by atoms with Gasteiger partial charge < -0.3 is 11.1 Å². The molecule has 0 spiro atoms. The van der Waals surface area contributed by atoms with Gasteiger partial charge in [0.15, 0.2) is 0 Å². The lowest BCUT2D eigenvalue weighted by Crippen LogP contribution is -2.04. The zero-order valence-corrected chi connectivity index (χ0v) is 12.9. The molecule has 0 saturated heterocycles. The van der Waals surface area contributed by atoms with Crippen LogP contribution in [0.5, 0.6) is 0 Å². The van der Waals surface area contributed by atoms with Gasteiger partial charge >= 0.3 is 0 Å². The van der Waals surface area contributed by atoms with Crippen molar-refractivity contribution in [1.29, 1.82) is 0 Å². The number of terminal acetylenes is 1. The van der Waals surface area contributed by atoms with Crippen molar-refractivity contribution in [2.75, 3.05) is 29.1 Å². The molecule has 0 aliphatic rings. The molecule has 0 radical (unpaired) electrons. The molecular formula is C12H14N4S3. The number of thiazole rings is 1. The van der Waals surface area contributed by atoms with Gasteiger partial charge in [0.1, 0.15) is 10.8 Å². The van der Waals surface area contributed by atoms with Gasteiger partial charge in [0, 0.05) is 17.7 Å². The van der Waals surface area contributed by atoms with E-state index in [1.165, 1.54) is 11.5 Å². The van der Waals surface area contributed by atoms with Crippen LogP contribution in [0.15, 0.2) is 5.38 Å². The Balaban J connectivity index is 2.04. The topological polar surface area (TPSA) is 63.8 Å². The van der Waals surface area contributed by atoms with Crippen molar-refractivity contribution in [2.45, 2.75) is 6.92 Å². The Kier molecular flexibility index (Phi) is 5.07. The highest BCUT2D eigenvalue weighted by Crippen LogP contribution is 2.36. The van der Waals surface area contributed by atoms with E-state index in [2.05, 4.69) is 20.6 Å². The van der Waals surface area contributed by atoms with E-state index >= 15 is 0 Å². The van der Waals surface area contributed by atoms with Gasteiger partial charge in [0.25, 0.3) is 0 Å². The van der Waals surface area contributed by atoms with E-state index < -0.39 is 0 Å². The van der Waals surface area contributed by atoms with Gasteiger partial charge in [-0.15, -0.1) is 29.5 Å². The van der Waals surface area contributed by atoms with E-state index in [4.69, 9.17) is 12.2 Å². The number of aryl methyl sites for hydroxylation is 1. The third-order valence-electron chi connectivity index (χ3n) is 2.31. The molecule has 19 heavy (non-hydrogen) atoms. The van der Waals surface area contributed by atoms with Crippen molar-refractivity contribution in [3.05, 3.63) is 10.4 Å². The van der Waals surface area contributed by atoms with Gasteiger partial charge in [-0.25, -0.2) is 4.98 Å². The van der Waals surface area contributed by atoms with E-state index in [0.29, 0.717) is 5.82 Å². The lowest BCUT2D eigenvalue weighted by Gasteiger charge is -2.04. The summed E-state index contributed by atoms with van der Waals surface area (Å²) >= 11 is 4.71. The minimum Gasteiger partial charge on any atom is -0.382 e. The van der Waals surface area contributed by atoms with E-state index in [9.17, 15) is 0 Å². The summed E-state index contributed by atoms with van der Waals surface area (Å²) in [6.45, 7) is 2.82. The number of rotatable bonds is 6. The molecule has 2 heterocycles. The molecule has 0 amide bonds.